The molecule has 40 heavy (non-hydrogen) atoms. The lowest BCUT2D eigenvalue weighted by Gasteiger charge is -2.47. The Bertz CT molecular complexity index is 1220. The molecule has 5 heterocycles. The molecule has 1 aromatic heterocycles. The largest absolute Gasteiger partial charge is 0.477 e. The van der Waals surface area contributed by atoms with Gasteiger partial charge in [-0.15, -0.1) is 16.9 Å². The van der Waals surface area contributed by atoms with Crippen LogP contribution in [0.15, 0.2) is 16.8 Å². The lowest BCUT2D eigenvalue weighted by molar-refractivity contribution is -0.160. The Morgan fingerprint density at radius 1 is 1.35 bits per heavy atom. The van der Waals surface area contributed by atoms with Crippen molar-refractivity contribution in [3.8, 4) is 0 Å². The molecule has 13 nitrogen and oxygen atoms in total. The lowest BCUT2D eigenvalue weighted by atomic mass is 9.73. The minimum atomic E-state index is -1.12. The second kappa shape index (κ2) is 11.6. The van der Waals surface area contributed by atoms with E-state index >= 15 is 0 Å². The monoisotopic (exact) mass is 574 g/mol. The highest BCUT2D eigenvalue weighted by molar-refractivity contribution is 8.03. The van der Waals surface area contributed by atoms with Gasteiger partial charge >= 0.3 is 5.97 Å². The Hall–Kier alpha value is -2.81. The van der Waals surface area contributed by atoms with Crippen LogP contribution in [0.2, 0.25) is 0 Å². The van der Waals surface area contributed by atoms with E-state index in [4.69, 9.17) is 5.73 Å². The van der Waals surface area contributed by atoms with Gasteiger partial charge in [0.05, 0.1) is 42.5 Å². The number of Topliss-reactive ketones (excluding diaryl/α,β-unsaturated/α-hetero) is 1. The number of nitrogens with one attached hydrogen (secondary N) is 2. The number of aromatic nitrogens is 3. The Balaban J connectivity index is 1.21. The molecule has 14 heteroatoms. The van der Waals surface area contributed by atoms with E-state index < -0.39 is 5.97 Å². The molecule has 3 saturated heterocycles. The highest BCUT2D eigenvalue weighted by Crippen LogP contribution is 2.53. The average Bonchev–Trinajstić information content (AvgIpc) is 3.70. The normalized spacial score (nSPS) is 30.6. The van der Waals surface area contributed by atoms with Crippen molar-refractivity contribution in [2.45, 2.75) is 63.0 Å². The fraction of sp³-hybridized carbons (Fsp3) is 0.692. The van der Waals surface area contributed by atoms with E-state index in [-0.39, 0.29) is 77.4 Å². The van der Waals surface area contributed by atoms with Crippen LogP contribution in [0, 0.1) is 17.8 Å². The predicted molar refractivity (Wildman–Crippen MR) is 147 cm³/mol. The number of rotatable bonds is 11. The molecular formula is C26H38N8O5S. The number of amides is 2. The number of carbonyl (C=O) groups excluding carboxylic acids is 3. The van der Waals surface area contributed by atoms with Crippen molar-refractivity contribution in [3.05, 3.63) is 22.5 Å². The zero-order valence-electron chi connectivity index (χ0n) is 23.1. The Morgan fingerprint density at radius 2 is 2.12 bits per heavy atom. The van der Waals surface area contributed by atoms with Gasteiger partial charge in [0.2, 0.25) is 11.8 Å². The summed E-state index contributed by atoms with van der Waals surface area (Å²) in [6.07, 6.45) is 3.47. The smallest absolute Gasteiger partial charge is 0.353 e. The minimum Gasteiger partial charge on any atom is -0.477 e. The van der Waals surface area contributed by atoms with Crippen LogP contribution < -0.4 is 16.4 Å². The summed E-state index contributed by atoms with van der Waals surface area (Å²) in [4.78, 5) is 54.9. The second-order valence-corrected chi connectivity index (χ2v) is 12.7. The molecule has 0 bridgehead atoms. The fourth-order valence-electron chi connectivity index (χ4n) is 6.65. The number of ketones is 1. The third-order valence-electron chi connectivity index (χ3n) is 8.63. The maximum atomic E-state index is 13.3. The van der Waals surface area contributed by atoms with Crippen LogP contribution in [0.1, 0.15) is 44.8 Å². The summed E-state index contributed by atoms with van der Waals surface area (Å²) >= 11 is 1.47. The molecule has 7 atom stereocenters. The zero-order valence-corrected chi connectivity index (χ0v) is 23.9. The van der Waals surface area contributed by atoms with Gasteiger partial charge in [0, 0.05) is 48.7 Å². The Kier molecular flexibility index (Phi) is 8.32. The summed E-state index contributed by atoms with van der Waals surface area (Å²) in [6.45, 7) is 6.19. The average molecular weight is 575 g/mol. The van der Waals surface area contributed by atoms with Crippen LogP contribution in [0.5, 0.6) is 0 Å². The number of nitrogens with zero attached hydrogens (tertiary/aromatic N) is 5. The van der Waals surface area contributed by atoms with Crippen molar-refractivity contribution in [2.75, 3.05) is 33.2 Å². The van der Waals surface area contributed by atoms with Crippen molar-refractivity contribution < 1.29 is 24.3 Å². The minimum absolute atomic E-state index is 0.00320. The van der Waals surface area contributed by atoms with E-state index in [0.29, 0.717) is 43.2 Å². The van der Waals surface area contributed by atoms with Crippen molar-refractivity contribution in [3.63, 3.8) is 0 Å². The molecule has 5 rings (SSSR count). The van der Waals surface area contributed by atoms with Crippen molar-refractivity contribution in [1.29, 1.82) is 0 Å². The molecule has 2 amide bonds. The van der Waals surface area contributed by atoms with Gasteiger partial charge in [-0.05, 0) is 25.8 Å². The summed E-state index contributed by atoms with van der Waals surface area (Å²) in [5, 5.41) is 24.4. The third-order valence-corrected chi connectivity index (χ3v) is 10.1. The molecule has 218 valence electrons. The summed E-state index contributed by atoms with van der Waals surface area (Å²) in [5.41, 5.74) is 6.41. The summed E-state index contributed by atoms with van der Waals surface area (Å²) in [7, 11) is 1.71. The first-order valence-electron chi connectivity index (χ1n) is 13.9. The van der Waals surface area contributed by atoms with E-state index in [1.807, 2.05) is 24.9 Å². The van der Waals surface area contributed by atoms with Gasteiger partial charge in [-0.1, -0.05) is 19.1 Å². The molecule has 1 unspecified atom stereocenters. The van der Waals surface area contributed by atoms with Gasteiger partial charge in [0.1, 0.15) is 11.5 Å². The Labute approximate surface area is 237 Å². The first-order chi connectivity index (χ1) is 19.1. The van der Waals surface area contributed by atoms with Crippen LogP contribution in [0.25, 0.3) is 0 Å². The highest BCUT2D eigenvalue weighted by atomic mass is 32.2. The third kappa shape index (κ3) is 5.17. The molecule has 5 N–H and O–H groups in total. The number of carbonyl (C=O) groups is 4. The van der Waals surface area contributed by atoms with Crippen LogP contribution in [0.3, 0.4) is 0 Å². The van der Waals surface area contributed by atoms with Crippen LogP contribution in [0.4, 0.5) is 0 Å². The molecule has 4 aliphatic rings. The number of aliphatic carboxylic acids is 1. The number of fused-ring (bicyclic) bond motifs is 1. The van der Waals surface area contributed by atoms with Crippen molar-refractivity contribution >= 4 is 35.3 Å². The molecule has 0 aromatic carbocycles. The number of thioether (sulfide) groups is 1. The van der Waals surface area contributed by atoms with E-state index in [1.54, 1.807) is 11.7 Å². The molecule has 0 spiro atoms. The maximum absolute atomic E-state index is 13.3. The van der Waals surface area contributed by atoms with E-state index in [0.717, 1.165) is 6.42 Å². The number of hydrogen-bond acceptors (Lipinski definition) is 10. The first-order valence-corrected chi connectivity index (χ1v) is 14.8. The summed E-state index contributed by atoms with van der Waals surface area (Å²) < 4.78 is 1.78. The summed E-state index contributed by atoms with van der Waals surface area (Å²) in [5.74, 6) is -1.97. The van der Waals surface area contributed by atoms with E-state index in [9.17, 15) is 24.3 Å². The predicted octanol–water partition coefficient (Wildman–Crippen LogP) is -0.438. The van der Waals surface area contributed by atoms with Crippen molar-refractivity contribution in [1.82, 2.24) is 35.4 Å². The van der Waals surface area contributed by atoms with Gasteiger partial charge in [-0.25, -0.2) is 9.48 Å². The number of carboxylic acid groups (broad SMARTS) is 1. The molecular weight excluding hydrogens is 536 g/mol. The molecule has 0 radical (unpaired) electrons. The van der Waals surface area contributed by atoms with Gasteiger partial charge in [0.25, 0.3) is 0 Å². The van der Waals surface area contributed by atoms with Gasteiger partial charge in [-0.2, -0.15) is 0 Å². The van der Waals surface area contributed by atoms with Gasteiger partial charge < -0.3 is 31.3 Å². The van der Waals surface area contributed by atoms with Crippen LogP contribution in [-0.4, -0.2) is 104 Å². The Morgan fingerprint density at radius 3 is 2.80 bits per heavy atom. The highest BCUT2D eigenvalue weighted by Gasteiger charge is 2.60. The molecule has 0 saturated carbocycles. The topological polar surface area (TPSA) is 176 Å². The number of carboxylic acids is 1. The lowest BCUT2D eigenvalue weighted by Crippen LogP contribution is -2.62. The van der Waals surface area contributed by atoms with Crippen LogP contribution >= 0.6 is 11.8 Å². The van der Waals surface area contributed by atoms with Gasteiger partial charge in [-0.3, -0.25) is 14.4 Å². The van der Waals surface area contributed by atoms with Gasteiger partial charge in [0.15, 0.2) is 0 Å². The number of hydrogen-bond donors (Lipinski definition) is 4. The van der Waals surface area contributed by atoms with E-state index in [1.165, 1.54) is 16.7 Å². The molecule has 0 aliphatic carbocycles. The molecule has 1 aromatic rings. The number of likely N-dealkylation sites (N-methyl/N-ethyl adjacent to an activating group) is 1. The van der Waals surface area contributed by atoms with Crippen LogP contribution in [-0.2, 0) is 25.7 Å². The summed E-state index contributed by atoms with van der Waals surface area (Å²) in [6, 6.07) is -0.540. The second-order valence-electron chi connectivity index (χ2n) is 11.3. The van der Waals surface area contributed by atoms with E-state index in [2.05, 4.69) is 20.9 Å². The fourth-order valence-corrected chi connectivity index (χ4v) is 8.13. The number of nitrogens with two attached hydrogens (primary N) is 1. The number of likely N-dealkylation sites (tertiary alicyclic amines) is 1. The first kappa shape index (κ1) is 28.7. The molecule has 3 fully saturated rings. The zero-order chi connectivity index (χ0) is 28.7. The standard InChI is InChI=1S/C26H38N8O5S/c1-13(6-17(35)9-28-3)20-21-14(2)23(22(26(38)39)34(21)25(20)37)40-18-7-19(29-10-18)24(36)32-5-4-16(12-32)33-11-15(8-27)30-31-33/h11,13-14,16,18-21,28-29H,4-10,12,27H2,1-3H3,(H,38,39)/t13-,14+,16?,18-,19-,20+,21-/m0/s1. The maximum Gasteiger partial charge on any atom is 0.353 e. The quantitative estimate of drug-likeness (QED) is 0.252. The SMILES string of the molecule is CNCC(=O)C[C@H](C)[C@H]1C(=O)N2C(C(=O)O)=C(S[C@@H]3CN[C@H](C(=O)N4CCC(n5cc(CN)nn5)C4)C3)[C@H](C)[C@@H]12. The number of β-lactam (4-membered cyclic amide) rings is 1. The molecule has 4 aliphatic heterocycles. The van der Waals surface area contributed by atoms with Crippen molar-refractivity contribution in [2.24, 2.45) is 23.5 Å².